The maximum atomic E-state index is 5.73. The Kier molecular flexibility index (Phi) is 1.61. The summed E-state index contributed by atoms with van der Waals surface area (Å²) in [5.74, 6) is 1.88. The van der Waals surface area contributed by atoms with Gasteiger partial charge in [-0.15, -0.1) is 0 Å². The molecule has 0 amide bonds. The van der Waals surface area contributed by atoms with E-state index in [0.29, 0.717) is 11.8 Å². The van der Waals surface area contributed by atoms with Crippen LogP contribution in [0.1, 0.15) is 0 Å². The predicted octanol–water partition coefficient (Wildman–Crippen LogP) is -0.0803. The Hall–Kier alpha value is -1.72. The highest BCUT2D eigenvalue weighted by molar-refractivity contribution is 5.81. The van der Waals surface area contributed by atoms with E-state index >= 15 is 0 Å². The molecular formula is C7H12N6. The van der Waals surface area contributed by atoms with Gasteiger partial charge in [0.1, 0.15) is 5.69 Å². The molecule has 0 aromatic carbocycles. The Morgan fingerprint density at radius 1 is 1.54 bits per heavy atom. The number of anilines is 4. The molecule has 0 fully saturated rings. The van der Waals surface area contributed by atoms with Crippen molar-refractivity contribution < 1.29 is 0 Å². The minimum Gasteiger partial charge on any atom is -0.382 e. The van der Waals surface area contributed by atoms with E-state index in [-0.39, 0.29) is 0 Å². The Bertz CT molecular complexity index is 336. The van der Waals surface area contributed by atoms with Crippen LogP contribution in [-0.2, 0) is 0 Å². The number of nitrogens with one attached hydrogen (secondary N) is 2. The molecule has 1 aromatic rings. The van der Waals surface area contributed by atoms with Crippen molar-refractivity contribution in [3.63, 3.8) is 0 Å². The summed E-state index contributed by atoms with van der Waals surface area (Å²) in [5.41, 5.74) is 6.55. The molecule has 70 valence electrons. The summed E-state index contributed by atoms with van der Waals surface area (Å²) in [5, 5.41) is 5.98. The first-order valence-corrected chi connectivity index (χ1v) is 4.02. The summed E-state index contributed by atoms with van der Waals surface area (Å²) in [6, 6.07) is 0. The average molecular weight is 180 g/mol. The van der Waals surface area contributed by atoms with Crippen LogP contribution in [0.25, 0.3) is 0 Å². The Morgan fingerprint density at radius 3 is 3.00 bits per heavy atom. The lowest BCUT2D eigenvalue weighted by Gasteiger charge is -2.09. The van der Waals surface area contributed by atoms with Crippen LogP contribution in [0, 0.1) is 0 Å². The van der Waals surface area contributed by atoms with Crippen LogP contribution in [0.5, 0.6) is 0 Å². The van der Waals surface area contributed by atoms with Crippen LogP contribution in [0.15, 0.2) is 0 Å². The van der Waals surface area contributed by atoms with Crippen LogP contribution < -0.4 is 21.3 Å². The van der Waals surface area contributed by atoms with Crippen molar-refractivity contribution >= 4 is 23.3 Å². The Labute approximate surface area is 76.2 Å². The fourth-order valence-corrected chi connectivity index (χ4v) is 1.30. The predicted molar refractivity (Wildman–Crippen MR) is 52.9 cm³/mol. The molecular weight excluding hydrogens is 168 g/mol. The molecule has 1 aromatic heterocycles. The van der Waals surface area contributed by atoms with Crippen molar-refractivity contribution in [3.8, 4) is 0 Å². The Balaban J connectivity index is 2.53. The van der Waals surface area contributed by atoms with E-state index in [2.05, 4.69) is 20.6 Å². The zero-order valence-corrected chi connectivity index (χ0v) is 7.63. The molecule has 2 rings (SSSR count). The third kappa shape index (κ3) is 1.10. The number of hydrogen-bond acceptors (Lipinski definition) is 6. The van der Waals surface area contributed by atoms with Gasteiger partial charge in [0.05, 0.1) is 6.67 Å². The van der Waals surface area contributed by atoms with Gasteiger partial charge in [-0.3, -0.25) is 0 Å². The smallest absolute Gasteiger partial charge is 0.226 e. The van der Waals surface area contributed by atoms with E-state index < -0.39 is 0 Å². The molecule has 6 nitrogen and oxygen atoms in total. The summed E-state index contributed by atoms with van der Waals surface area (Å²) in [6.45, 7) is 0.724. The number of aromatic nitrogens is 2. The first-order valence-electron chi connectivity index (χ1n) is 4.02. The van der Waals surface area contributed by atoms with Crippen LogP contribution in [0.2, 0.25) is 0 Å². The normalized spacial score (nSPS) is 13.8. The van der Waals surface area contributed by atoms with E-state index in [1.807, 2.05) is 11.9 Å². The monoisotopic (exact) mass is 180 g/mol. The van der Waals surface area contributed by atoms with Gasteiger partial charge in [-0.05, 0) is 0 Å². The minimum absolute atomic E-state index is 0.485. The lowest BCUT2D eigenvalue weighted by Crippen LogP contribution is -2.16. The van der Waals surface area contributed by atoms with E-state index in [1.165, 1.54) is 0 Å². The van der Waals surface area contributed by atoms with Gasteiger partial charge in [0, 0.05) is 14.1 Å². The number of fused-ring (bicyclic) bond motifs is 1. The molecule has 0 saturated carbocycles. The summed E-state index contributed by atoms with van der Waals surface area (Å²) in [4.78, 5) is 10.3. The quantitative estimate of drug-likeness (QED) is 0.561. The van der Waals surface area contributed by atoms with Crippen LogP contribution in [0.4, 0.5) is 23.3 Å². The molecule has 13 heavy (non-hydrogen) atoms. The van der Waals surface area contributed by atoms with E-state index in [1.54, 1.807) is 7.05 Å². The molecule has 0 saturated heterocycles. The zero-order valence-electron chi connectivity index (χ0n) is 7.63. The summed E-state index contributed by atoms with van der Waals surface area (Å²) in [6.07, 6.45) is 0. The van der Waals surface area contributed by atoms with Gasteiger partial charge in [-0.25, -0.2) is 0 Å². The van der Waals surface area contributed by atoms with Gasteiger partial charge >= 0.3 is 0 Å². The molecule has 6 heteroatoms. The lowest BCUT2D eigenvalue weighted by atomic mass is 10.4. The van der Waals surface area contributed by atoms with E-state index in [0.717, 1.165) is 18.2 Å². The van der Waals surface area contributed by atoms with Gasteiger partial charge in [-0.2, -0.15) is 9.97 Å². The third-order valence-corrected chi connectivity index (χ3v) is 2.00. The molecule has 0 bridgehead atoms. The fourth-order valence-electron chi connectivity index (χ4n) is 1.30. The molecule has 1 aliphatic rings. The largest absolute Gasteiger partial charge is 0.382 e. The van der Waals surface area contributed by atoms with Gasteiger partial charge in [0.25, 0.3) is 0 Å². The third-order valence-electron chi connectivity index (χ3n) is 2.00. The van der Waals surface area contributed by atoms with Gasteiger partial charge < -0.3 is 21.3 Å². The highest BCUT2D eigenvalue weighted by Crippen LogP contribution is 2.32. The SMILES string of the molecule is CNc1nc(N)c2c(n1)N(C)CN2. The molecule has 2 heterocycles. The zero-order chi connectivity index (χ0) is 9.42. The van der Waals surface area contributed by atoms with Crippen molar-refractivity contribution in [2.24, 2.45) is 0 Å². The summed E-state index contributed by atoms with van der Waals surface area (Å²) < 4.78 is 0. The van der Waals surface area contributed by atoms with Crippen LogP contribution in [-0.4, -0.2) is 30.7 Å². The topological polar surface area (TPSA) is 79.1 Å². The highest BCUT2D eigenvalue weighted by Gasteiger charge is 2.20. The maximum absolute atomic E-state index is 5.73. The second-order valence-electron chi connectivity index (χ2n) is 2.91. The summed E-state index contributed by atoms with van der Waals surface area (Å²) >= 11 is 0. The van der Waals surface area contributed by atoms with Crippen molar-refractivity contribution in [1.82, 2.24) is 9.97 Å². The Morgan fingerprint density at radius 2 is 2.31 bits per heavy atom. The van der Waals surface area contributed by atoms with E-state index in [9.17, 15) is 0 Å². The number of nitrogen functional groups attached to an aromatic ring is 1. The van der Waals surface area contributed by atoms with Gasteiger partial charge in [0.15, 0.2) is 11.6 Å². The molecule has 1 aliphatic heterocycles. The van der Waals surface area contributed by atoms with Crippen molar-refractivity contribution in [3.05, 3.63) is 0 Å². The standard InChI is InChI=1S/C7H12N6/c1-9-7-11-5(8)4-6(12-7)13(2)3-10-4/h10H,3H2,1-2H3,(H3,8,9,11,12). The van der Waals surface area contributed by atoms with Crippen molar-refractivity contribution in [1.29, 1.82) is 0 Å². The molecule has 0 aliphatic carbocycles. The number of nitrogens with two attached hydrogens (primary N) is 1. The van der Waals surface area contributed by atoms with Gasteiger partial charge in [-0.1, -0.05) is 0 Å². The minimum atomic E-state index is 0.485. The lowest BCUT2D eigenvalue weighted by molar-refractivity contribution is 1.00. The highest BCUT2D eigenvalue weighted by atomic mass is 15.3. The molecule has 0 unspecified atom stereocenters. The van der Waals surface area contributed by atoms with Crippen LogP contribution >= 0.6 is 0 Å². The van der Waals surface area contributed by atoms with Crippen molar-refractivity contribution in [2.75, 3.05) is 42.0 Å². The molecule has 0 spiro atoms. The van der Waals surface area contributed by atoms with Gasteiger partial charge in [0.2, 0.25) is 5.95 Å². The number of nitrogens with zero attached hydrogens (tertiary/aromatic N) is 3. The fraction of sp³-hybridized carbons (Fsp3) is 0.429. The first-order chi connectivity index (χ1) is 6.22. The second-order valence-corrected chi connectivity index (χ2v) is 2.91. The second kappa shape index (κ2) is 2.65. The number of hydrogen-bond donors (Lipinski definition) is 3. The average Bonchev–Trinajstić information content (AvgIpc) is 2.48. The molecule has 0 radical (unpaired) electrons. The molecule has 0 atom stereocenters. The van der Waals surface area contributed by atoms with Crippen LogP contribution in [0.3, 0.4) is 0 Å². The van der Waals surface area contributed by atoms with E-state index in [4.69, 9.17) is 5.73 Å². The first kappa shape index (κ1) is 7.90. The molecule has 4 N–H and O–H groups in total. The van der Waals surface area contributed by atoms with Crippen molar-refractivity contribution in [2.45, 2.75) is 0 Å². The number of rotatable bonds is 1. The maximum Gasteiger partial charge on any atom is 0.226 e. The summed E-state index contributed by atoms with van der Waals surface area (Å²) in [7, 11) is 3.72.